The summed E-state index contributed by atoms with van der Waals surface area (Å²) in [6.07, 6.45) is 4.22. The maximum Gasteiger partial charge on any atom is 0.0163 e. The van der Waals surface area contributed by atoms with Gasteiger partial charge in [0.15, 0.2) is 0 Å². The summed E-state index contributed by atoms with van der Waals surface area (Å²) in [5, 5.41) is 3.32. The lowest BCUT2D eigenvalue weighted by Crippen LogP contribution is -2.38. The van der Waals surface area contributed by atoms with Crippen molar-refractivity contribution in [2.45, 2.75) is 46.1 Å². The fraction of sp³-hybridized carbons (Fsp3) is 1.00. The summed E-state index contributed by atoms with van der Waals surface area (Å²) >= 11 is 0. The van der Waals surface area contributed by atoms with Gasteiger partial charge in [0, 0.05) is 12.6 Å². The Bertz CT molecular complexity index is 168. The highest BCUT2D eigenvalue weighted by Gasteiger charge is 2.19. The Balaban J connectivity index is 2.32. The number of nitrogens with one attached hydrogen (secondary N) is 1. The van der Waals surface area contributed by atoms with Crippen molar-refractivity contribution in [3.8, 4) is 0 Å². The zero-order valence-electron chi connectivity index (χ0n) is 10.9. The van der Waals surface area contributed by atoms with Crippen LogP contribution < -0.4 is 5.32 Å². The van der Waals surface area contributed by atoms with Gasteiger partial charge in [-0.3, -0.25) is 0 Å². The Kier molecular flexibility index (Phi) is 5.62. The summed E-state index contributed by atoms with van der Waals surface area (Å²) in [5.74, 6) is 1.83. The van der Waals surface area contributed by atoms with Gasteiger partial charge in [-0.1, -0.05) is 13.8 Å². The van der Waals surface area contributed by atoms with Crippen LogP contribution in [0, 0.1) is 11.8 Å². The fourth-order valence-corrected chi connectivity index (χ4v) is 2.51. The van der Waals surface area contributed by atoms with Crippen LogP contribution in [-0.4, -0.2) is 37.6 Å². The molecule has 2 unspecified atom stereocenters. The minimum atomic E-state index is 0.626. The minimum Gasteiger partial charge on any atom is -0.316 e. The third kappa shape index (κ3) is 4.52. The molecule has 0 bridgehead atoms. The SMILES string of the molecule is CNC(C)CN1CCCC(C(C)C)CC1. The first-order valence-corrected chi connectivity index (χ1v) is 6.53. The maximum absolute atomic E-state index is 3.32. The van der Waals surface area contributed by atoms with Gasteiger partial charge < -0.3 is 10.2 Å². The highest BCUT2D eigenvalue weighted by molar-refractivity contribution is 4.74. The summed E-state index contributed by atoms with van der Waals surface area (Å²) < 4.78 is 0. The van der Waals surface area contributed by atoms with Crippen LogP contribution in [0.4, 0.5) is 0 Å². The number of hydrogen-bond donors (Lipinski definition) is 1. The molecule has 1 rings (SSSR count). The Morgan fingerprint density at radius 2 is 1.93 bits per heavy atom. The third-order valence-corrected chi connectivity index (χ3v) is 3.83. The molecule has 15 heavy (non-hydrogen) atoms. The molecule has 0 spiro atoms. The van der Waals surface area contributed by atoms with Gasteiger partial charge in [-0.25, -0.2) is 0 Å². The Labute approximate surface area is 95.4 Å². The van der Waals surface area contributed by atoms with E-state index in [-0.39, 0.29) is 0 Å². The van der Waals surface area contributed by atoms with E-state index in [1.54, 1.807) is 0 Å². The highest BCUT2D eigenvalue weighted by Crippen LogP contribution is 2.24. The van der Waals surface area contributed by atoms with E-state index in [9.17, 15) is 0 Å². The normalized spacial score (nSPS) is 26.6. The average molecular weight is 212 g/mol. The van der Waals surface area contributed by atoms with Crippen molar-refractivity contribution in [2.75, 3.05) is 26.7 Å². The van der Waals surface area contributed by atoms with Crippen LogP contribution in [0.3, 0.4) is 0 Å². The fourth-order valence-electron chi connectivity index (χ4n) is 2.51. The van der Waals surface area contributed by atoms with Crippen LogP contribution in [0.25, 0.3) is 0 Å². The molecule has 90 valence electrons. The zero-order chi connectivity index (χ0) is 11.3. The molecule has 0 aromatic heterocycles. The summed E-state index contributed by atoms with van der Waals surface area (Å²) in [6.45, 7) is 10.8. The standard InChI is InChI=1S/C13H28N2/c1-11(2)13-6-5-8-15(9-7-13)10-12(3)14-4/h11-14H,5-10H2,1-4H3. The third-order valence-electron chi connectivity index (χ3n) is 3.83. The van der Waals surface area contributed by atoms with Crippen LogP contribution in [0.15, 0.2) is 0 Å². The Hall–Kier alpha value is -0.0800. The molecule has 1 saturated heterocycles. The number of hydrogen-bond acceptors (Lipinski definition) is 2. The van der Waals surface area contributed by atoms with Gasteiger partial charge in [-0.15, -0.1) is 0 Å². The molecule has 1 fully saturated rings. The zero-order valence-corrected chi connectivity index (χ0v) is 10.9. The average Bonchev–Trinajstić information content (AvgIpc) is 2.43. The molecule has 2 heteroatoms. The molecule has 0 amide bonds. The lowest BCUT2D eigenvalue weighted by Gasteiger charge is -2.24. The number of rotatable bonds is 4. The molecule has 1 aliphatic heterocycles. The van der Waals surface area contributed by atoms with Gasteiger partial charge in [0.05, 0.1) is 0 Å². The molecule has 0 aliphatic carbocycles. The summed E-state index contributed by atoms with van der Waals surface area (Å²) in [7, 11) is 2.05. The monoisotopic (exact) mass is 212 g/mol. The minimum absolute atomic E-state index is 0.626. The first kappa shape index (κ1) is 13.0. The molecular weight excluding hydrogens is 184 g/mol. The van der Waals surface area contributed by atoms with E-state index >= 15 is 0 Å². The Morgan fingerprint density at radius 3 is 2.53 bits per heavy atom. The van der Waals surface area contributed by atoms with Crippen molar-refractivity contribution in [2.24, 2.45) is 11.8 Å². The molecule has 1 heterocycles. The predicted octanol–water partition coefficient (Wildman–Crippen LogP) is 2.35. The first-order chi connectivity index (χ1) is 7.13. The quantitative estimate of drug-likeness (QED) is 0.769. The molecule has 0 aromatic carbocycles. The second-order valence-electron chi connectivity index (χ2n) is 5.43. The van der Waals surface area contributed by atoms with Crippen molar-refractivity contribution in [1.29, 1.82) is 0 Å². The summed E-state index contributed by atoms with van der Waals surface area (Å²) in [4.78, 5) is 2.63. The van der Waals surface area contributed by atoms with Gasteiger partial charge in [0.25, 0.3) is 0 Å². The molecule has 1 N–H and O–H groups in total. The van der Waals surface area contributed by atoms with E-state index < -0.39 is 0 Å². The van der Waals surface area contributed by atoms with Crippen LogP contribution in [0.1, 0.15) is 40.0 Å². The van der Waals surface area contributed by atoms with E-state index in [0.717, 1.165) is 11.8 Å². The predicted molar refractivity (Wildman–Crippen MR) is 67.1 cm³/mol. The van der Waals surface area contributed by atoms with Gasteiger partial charge >= 0.3 is 0 Å². The largest absolute Gasteiger partial charge is 0.316 e. The van der Waals surface area contributed by atoms with E-state index in [1.165, 1.54) is 38.9 Å². The second kappa shape index (κ2) is 6.49. The summed E-state index contributed by atoms with van der Waals surface area (Å²) in [6, 6.07) is 0.626. The molecule has 0 radical (unpaired) electrons. The number of likely N-dealkylation sites (N-methyl/N-ethyl adjacent to an activating group) is 1. The molecule has 0 saturated carbocycles. The molecular formula is C13H28N2. The maximum atomic E-state index is 3.32. The molecule has 2 nitrogen and oxygen atoms in total. The van der Waals surface area contributed by atoms with Gasteiger partial charge in [0.1, 0.15) is 0 Å². The van der Waals surface area contributed by atoms with Crippen molar-refractivity contribution in [3.05, 3.63) is 0 Å². The van der Waals surface area contributed by atoms with E-state index in [2.05, 4.69) is 38.0 Å². The first-order valence-electron chi connectivity index (χ1n) is 6.53. The van der Waals surface area contributed by atoms with Crippen LogP contribution in [0.2, 0.25) is 0 Å². The van der Waals surface area contributed by atoms with Gasteiger partial charge in [-0.05, 0) is 58.2 Å². The lowest BCUT2D eigenvalue weighted by molar-refractivity contribution is 0.251. The Morgan fingerprint density at radius 1 is 1.20 bits per heavy atom. The van der Waals surface area contributed by atoms with Gasteiger partial charge in [-0.2, -0.15) is 0 Å². The summed E-state index contributed by atoms with van der Waals surface area (Å²) in [5.41, 5.74) is 0. The van der Waals surface area contributed by atoms with Crippen molar-refractivity contribution in [1.82, 2.24) is 10.2 Å². The molecule has 0 aromatic rings. The topological polar surface area (TPSA) is 15.3 Å². The number of nitrogens with zero attached hydrogens (tertiary/aromatic N) is 1. The highest BCUT2D eigenvalue weighted by atomic mass is 15.1. The van der Waals surface area contributed by atoms with Crippen molar-refractivity contribution < 1.29 is 0 Å². The smallest absolute Gasteiger partial charge is 0.0163 e. The van der Waals surface area contributed by atoms with E-state index in [4.69, 9.17) is 0 Å². The van der Waals surface area contributed by atoms with Gasteiger partial charge in [0.2, 0.25) is 0 Å². The number of likely N-dealkylation sites (tertiary alicyclic amines) is 1. The van der Waals surface area contributed by atoms with E-state index in [0.29, 0.717) is 6.04 Å². The molecule has 2 atom stereocenters. The van der Waals surface area contributed by atoms with Crippen LogP contribution >= 0.6 is 0 Å². The second-order valence-corrected chi connectivity index (χ2v) is 5.43. The van der Waals surface area contributed by atoms with E-state index in [1.807, 2.05) is 0 Å². The lowest BCUT2D eigenvalue weighted by atomic mass is 9.89. The van der Waals surface area contributed by atoms with Crippen molar-refractivity contribution in [3.63, 3.8) is 0 Å². The van der Waals surface area contributed by atoms with Crippen LogP contribution in [0.5, 0.6) is 0 Å². The molecule has 1 aliphatic rings. The van der Waals surface area contributed by atoms with Crippen molar-refractivity contribution >= 4 is 0 Å². The van der Waals surface area contributed by atoms with Crippen LogP contribution in [-0.2, 0) is 0 Å².